The molecule has 0 saturated heterocycles. The van der Waals surface area contributed by atoms with Gasteiger partial charge in [-0.25, -0.2) is 4.79 Å². The zero-order valence-corrected chi connectivity index (χ0v) is 17.5. The number of benzene rings is 1. The van der Waals surface area contributed by atoms with Crippen molar-refractivity contribution in [3.63, 3.8) is 0 Å². The van der Waals surface area contributed by atoms with Crippen molar-refractivity contribution in [2.24, 2.45) is 5.16 Å². The molecule has 8 nitrogen and oxygen atoms in total. The highest BCUT2D eigenvalue weighted by molar-refractivity contribution is 6.04. The fourth-order valence-corrected chi connectivity index (χ4v) is 3.60. The minimum Gasteiger partial charge on any atom is -0.425 e. The van der Waals surface area contributed by atoms with Gasteiger partial charge in [0.2, 0.25) is 0 Å². The number of nitrogens with one attached hydrogen (secondary N) is 1. The largest absolute Gasteiger partial charge is 0.425 e. The predicted octanol–water partition coefficient (Wildman–Crippen LogP) is 3.78. The highest BCUT2D eigenvalue weighted by atomic mass is 16.6. The first-order valence-corrected chi connectivity index (χ1v) is 10.0. The van der Waals surface area contributed by atoms with Gasteiger partial charge in [-0.15, -0.1) is 0 Å². The second kappa shape index (κ2) is 9.01. The minimum absolute atomic E-state index is 0.113. The molecule has 0 bridgehead atoms. The lowest BCUT2D eigenvalue weighted by Crippen LogP contribution is -2.33. The number of aryl methyl sites for hydroxylation is 1. The van der Waals surface area contributed by atoms with Crippen molar-refractivity contribution in [1.29, 1.82) is 0 Å². The van der Waals surface area contributed by atoms with Crippen LogP contribution in [0.2, 0.25) is 0 Å². The van der Waals surface area contributed by atoms with Crippen LogP contribution >= 0.6 is 0 Å². The highest BCUT2D eigenvalue weighted by Crippen LogP contribution is 2.39. The number of ether oxygens (including phenoxy) is 1. The number of carbonyl (C=O) groups excluding carboxylic acids is 1. The molecule has 0 radical (unpaired) electrons. The Kier molecular flexibility index (Phi) is 5.99. The number of aromatic nitrogens is 1. The third kappa shape index (κ3) is 4.59. The Bertz CT molecular complexity index is 1110. The van der Waals surface area contributed by atoms with Crippen molar-refractivity contribution in [2.45, 2.75) is 12.8 Å². The van der Waals surface area contributed by atoms with Gasteiger partial charge in [0.1, 0.15) is 5.76 Å². The van der Waals surface area contributed by atoms with Crippen molar-refractivity contribution in [3.05, 3.63) is 59.9 Å². The number of fused-ring (bicyclic) bond motifs is 1. The maximum atomic E-state index is 12.2. The number of rotatable bonds is 6. The molecule has 0 atom stereocenters. The molecule has 0 fully saturated rings. The fraction of sp³-hybridized carbons (Fsp3) is 0.261. The van der Waals surface area contributed by atoms with Crippen molar-refractivity contribution in [3.8, 4) is 28.4 Å². The van der Waals surface area contributed by atoms with Crippen LogP contribution in [0.5, 0.6) is 5.95 Å². The molecule has 1 aromatic carbocycles. The number of likely N-dealkylation sites (N-methyl/N-ethyl adjacent to an activating group) is 1. The molecule has 3 aromatic rings. The third-order valence-corrected chi connectivity index (χ3v) is 5.15. The molecule has 2 aromatic heterocycles. The van der Waals surface area contributed by atoms with E-state index in [0.29, 0.717) is 31.0 Å². The summed E-state index contributed by atoms with van der Waals surface area (Å²) >= 11 is 0. The molecule has 0 unspecified atom stereocenters. The Morgan fingerprint density at radius 3 is 2.71 bits per heavy atom. The van der Waals surface area contributed by atoms with E-state index in [4.69, 9.17) is 9.15 Å². The lowest BCUT2D eigenvalue weighted by Gasteiger charge is -2.09. The van der Waals surface area contributed by atoms with Gasteiger partial charge in [0.15, 0.2) is 0 Å². The molecule has 0 saturated carbocycles. The molecule has 160 valence electrons. The van der Waals surface area contributed by atoms with E-state index in [1.54, 1.807) is 18.5 Å². The molecule has 0 aliphatic heterocycles. The summed E-state index contributed by atoms with van der Waals surface area (Å²) < 4.78 is 11.3. The van der Waals surface area contributed by atoms with Crippen LogP contribution in [0.25, 0.3) is 22.5 Å². The van der Waals surface area contributed by atoms with E-state index in [1.165, 1.54) is 0 Å². The van der Waals surface area contributed by atoms with Gasteiger partial charge in [-0.05, 0) is 50.2 Å². The average Bonchev–Trinajstić information content (AvgIpc) is 3.37. The van der Waals surface area contributed by atoms with E-state index in [-0.39, 0.29) is 5.95 Å². The van der Waals surface area contributed by atoms with E-state index >= 15 is 0 Å². The van der Waals surface area contributed by atoms with Gasteiger partial charge in [0, 0.05) is 48.2 Å². The minimum atomic E-state index is -0.568. The Hall–Kier alpha value is -3.65. The van der Waals surface area contributed by atoms with E-state index < -0.39 is 6.09 Å². The van der Waals surface area contributed by atoms with Gasteiger partial charge in [0.25, 0.3) is 5.95 Å². The summed E-state index contributed by atoms with van der Waals surface area (Å²) in [5.74, 6) is 0.703. The number of furan rings is 1. The van der Waals surface area contributed by atoms with Gasteiger partial charge in [-0.1, -0.05) is 23.4 Å². The molecule has 2 N–H and O–H groups in total. The standard InChI is InChI=1S/C23H24N4O4/c1-27(2)12-11-25-23(28)31-21-14-19(22(30-21)15-7-9-24-10-8-15)17-3-5-18-16(13-17)4-6-20(18)26-29/h3,5,7-10,13-14,29H,4,6,11-12H2,1-2H3,(H,25,28). The Balaban J connectivity index is 1.65. The van der Waals surface area contributed by atoms with Crippen LogP contribution in [0, 0.1) is 0 Å². The first-order chi connectivity index (χ1) is 15.0. The van der Waals surface area contributed by atoms with E-state index in [0.717, 1.165) is 34.2 Å². The van der Waals surface area contributed by atoms with E-state index in [1.807, 2.05) is 43.3 Å². The van der Waals surface area contributed by atoms with E-state index in [9.17, 15) is 10.0 Å². The number of hydrogen-bond donors (Lipinski definition) is 2. The number of carbonyl (C=O) groups is 1. The summed E-state index contributed by atoms with van der Waals surface area (Å²) in [5.41, 5.74) is 5.32. The van der Waals surface area contributed by atoms with Gasteiger partial charge in [-0.2, -0.15) is 0 Å². The maximum Gasteiger partial charge on any atom is 0.415 e. The van der Waals surface area contributed by atoms with Gasteiger partial charge in [-0.3, -0.25) is 4.98 Å². The van der Waals surface area contributed by atoms with Crippen molar-refractivity contribution < 1.29 is 19.2 Å². The molecule has 1 amide bonds. The predicted molar refractivity (Wildman–Crippen MR) is 117 cm³/mol. The molecule has 4 rings (SSSR count). The second-order valence-corrected chi connectivity index (χ2v) is 7.58. The first-order valence-electron chi connectivity index (χ1n) is 10.0. The molecule has 2 heterocycles. The smallest absolute Gasteiger partial charge is 0.415 e. The Morgan fingerprint density at radius 2 is 1.97 bits per heavy atom. The fourth-order valence-electron chi connectivity index (χ4n) is 3.60. The summed E-state index contributed by atoms with van der Waals surface area (Å²) in [5, 5.41) is 15.3. The molecule has 0 spiro atoms. The molecule has 8 heteroatoms. The maximum absolute atomic E-state index is 12.2. The SMILES string of the molecule is CN(C)CCNC(=O)Oc1cc(-c2ccc3c(c2)CCC3=NO)c(-c2ccncc2)o1. The lowest BCUT2D eigenvalue weighted by atomic mass is 9.98. The monoisotopic (exact) mass is 420 g/mol. The second-order valence-electron chi connectivity index (χ2n) is 7.58. The summed E-state index contributed by atoms with van der Waals surface area (Å²) in [6.07, 6.45) is 4.31. The average molecular weight is 420 g/mol. The van der Waals surface area contributed by atoms with Crippen LogP contribution < -0.4 is 10.1 Å². The molecule has 1 aliphatic rings. The summed E-state index contributed by atoms with van der Waals surface area (Å²) in [7, 11) is 3.86. The lowest BCUT2D eigenvalue weighted by molar-refractivity contribution is 0.187. The van der Waals surface area contributed by atoms with Crippen molar-refractivity contribution >= 4 is 11.8 Å². The molecular weight excluding hydrogens is 396 g/mol. The summed E-state index contributed by atoms with van der Waals surface area (Å²) in [6, 6.07) is 11.4. The number of pyridine rings is 1. The first kappa shape index (κ1) is 20.6. The van der Waals surface area contributed by atoms with Crippen LogP contribution in [0.4, 0.5) is 4.79 Å². The Labute approximate surface area is 180 Å². The zero-order valence-electron chi connectivity index (χ0n) is 17.5. The van der Waals surface area contributed by atoms with Crippen molar-refractivity contribution in [2.75, 3.05) is 27.2 Å². The van der Waals surface area contributed by atoms with Crippen LogP contribution in [-0.2, 0) is 6.42 Å². The zero-order chi connectivity index (χ0) is 21.8. The van der Waals surface area contributed by atoms with Crippen LogP contribution in [0.3, 0.4) is 0 Å². The third-order valence-electron chi connectivity index (χ3n) is 5.15. The van der Waals surface area contributed by atoms with E-state index in [2.05, 4.69) is 21.5 Å². The van der Waals surface area contributed by atoms with Crippen LogP contribution in [-0.4, -0.2) is 54.1 Å². The molecule has 31 heavy (non-hydrogen) atoms. The number of amides is 1. The van der Waals surface area contributed by atoms with Gasteiger partial charge < -0.3 is 24.6 Å². The summed E-state index contributed by atoms with van der Waals surface area (Å²) in [6.45, 7) is 1.17. The Morgan fingerprint density at radius 1 is 1.16 bits per heavy atom. The molecular formula is C23H24N4O4. The highest BCUT2D eigenvalue weighted by Gasteiger charge is 2.22. The van der Waals surface area contributed by atoms with Crippen LogP contribution in [0.15, 0.2) is 58.4 Å². The number of oxime groups is 1. The quantitative estimate of drug-likeness (QED) is 0.465. The summed E-state index contributed by atoms with van der Waals surface area (Å²) in [4.78, 5) is 18.2. The van der Waals surface area contributed by atoms with Crippen molar-refractivity contribution in [1.82, 2.24) is 15.2 Å². The normalized spacial score (nSPS) is 14.1. The number of hydrogen-bond acceptors (Lipinski definition) is 7. The van der Waals surface area contributed by atoms with Gasteiger partial charge in [0.05, 0.1) is 5.71 Å². The van der Waals surface area contributed by atoms with Crippen LogP contribution in [0.1, 0.15) is 17.5 Å². The molecule has 1 aliphatic carbocycles. The number of nitrogens with zero attached hydrogens (tertiary/aromatic N) is 3. The van der Waals surface area contributed by atoms with Gasteiger partial charge >= 0.3 is 6.09 Å². The topological polar surface area (TPSA) is 100 Å².